The highest BCUT2D eigenvalue weighted by molar-refractivity contribution is 5.88. The van der Waals surface area contributed by atoms with Gasteiger partial charge in [-0.1, -0.05) is 55.5 Å². The van der Waals surface area contributed by atoms with E-state index in [-0.39, 0.29) is 12.5 Å². The van der Waals surface area contributed by atoms with Crippen LogP contribution in [0.25, 0.3) is 22.5 Å². The second kappa shape index (κ2) is 7.45. The van der Waals surface area contributed by atoms with Crippen molar-refractivity contribution in [1.82, 2.24) is 20.1 Å². The Kier molecular flexibility index (Phi) is 4.70. The number of carbonyl (C=O) groups is 1. The van der Waals surface area contributed by atoms with E-state index in [1.54, 1.807) is 0 Å². The van der Waals surface area contributed by atoms with Gasteiger partial charge in [-0.2, -0.15) is 0 Å². The molecule has 2 heterocycles. The summed E-state index contributed by atoms with van der Waals surface area (Å²) in [5.41, 5.74) is 2.77. The molecule has 0 aliphatic heterocycles. The lowest BCUT2D eigenvalue weighted by Gasteiger charge is -2.10. The van der Waals surface area contributed by atoms with Crippen LogP contribution in [0.15, 0.2) is 65.1 Å². The molecule has 136 valence electrons. The lowest BCUT2D eigenvalue weighted by atomic mass is 10.2. The van der Waals surface area contributed by atoms with E-state index in [2.05, 4.69) is 15.5 Å². The molecule has 0 atom stereocenters. The van der Waals surface area contributed by atoms with E-state index < -0.39 is 0 Å². The number of benzene rings is 2. The number of amides is 1. The number of para-hydroxylation sites is 1. The number of hydrogen-bond donors (Lipinski definition) is 1. The highest BCUT2D eigenvalue weighted by Crippen LogP contribution is 2.27. The quantitative estimate of drug-likeness (QED) is 0.570. The molecule has 0 spiro atoms. The average Bonchev–Trinajstić information content (AvgIpc) is 3.32. The maximum Gasteiger partial charge on any atom is 0.264 e. The second-order valence-corrected chi connectivity index (χ2v) is 6.29. The molecule has 4 rings (SSSR count). The molecule has 2 aromatic carbocycles. The van der Waals surface area contributed by atoms with Gasteiger partial charge in [0.2, 0.25) is 11.8 Å². The van der Waals surface area contributed by atoms with Crippen LogP contribution in [-0.4, -0.2) is 20.7 Å². The van der Waals surface area contributed by atoms with E-state index in [0.717, 1.165) is 22.2 Å². The molecule has 6 nitrogen and oxygen atoms in total. The van der Waals surface area contributed by atoms with Crippen LogP contribution in [0, 0.1) is 0 Å². The molecular formula is C21H20N4O2. The standard InChI is InChI=1S/C21H20N4O2/c1-2-20-23-24-21(27-20)18-12-16-10-6-7-11-17(16)25(18)14-19(26)22-13-15-8-4-3-5-9-15/h3-12H,2,13-14H2,1H3,(H,22,26). The van der Waals surface area contributed by atoms with Gasteiger partial charge in [-0.15, -0.1) is 10.2 Å². The fourth-order valence-electron chi connectivity index (χ4n) is 3.05. The largest absolute Gasteiger partial charge is 0.419 e. The van der Waals surface area contributed by atoms with Crippen LogP contribution >= 0.6 is 0 Å². The van der Waals surface area contributed by atoms with Crippen molar-refractivity contribution in [2.24, 2.45) is 0 Å². The number of hydrogen-bond acceptors (Lipinski definition) is 4. The molecule has 4 aromatic rings. The summed E-state index contributed by atoms with van der Waals surface area (Å²) in [4.78, 5) is 12.6. The van der Waals surface area contributed by atoms with Crippen molar-refractivity contribution in [2.75, 3.05) is 0 Å². The van der Waals surface area contributed by atoms with Crippen LogP contribution < -0.4 is 5.32 Å². The Morgan fingerprint density at radius 1 is 1.07 bits per heavy atom. The molecule has 0 radical (unpaired) electrons. The number of nitrogens with one attached hydrogen (secondary N) is 1. The molecule has 0 aliphatic carbocycles. The Labute approximate surface area is 156 Å². The van der Waals surface area contributed by atoms with Gasteiger partial charge in [0, 0.05) is 23.9 Å². The average molecular weight is 360 g/mol. The Morgan fingerprint density at radius 3 is 2.63 bits per heavy atom. The first-order valence-electron chi connectivity index (χ1n) is 8.96. The molecule has 0 aliphatic rings. The summed E-state index contributed by atoms with van der Waals surface area (Å²) in [5, 5.41) is 12.2. The van der Waals surface area contributed by atoms with E-state index in [0.29, 0.717) is 24.7 Å². The molecule has 1 amide bonds. The van der Waals surface area contributed by atoms with Crippen molar-refractivity contribution in [3.63, 3.8) is 0 Å². The summed E-state index contributed by atoms with van der Waals surface area (Å²) in [6.07, 6.45) is 0.671. The van der Waals surface area contributed by atoms with Gasteiger partial charge in [0.1, 0.15) is 12.2 Å². The zero-order chi connectivity index (χ0) is 18.6. The van der Waals surface area contributed by atoms with Crippen LogP contribution in [0.1, 0.15) is 18.4 Å². The second-order valence-electron chi connectivity index (χ2n) is 6.29. The number of nitrogens with zero attached hydrogens (tertiary/aromatic N) is 3. The third kappa shape index (κ3) is 3.60. The van der Waals surface area contributed by atoms with Crippen LogP contribution in [0.4, 0.5) is 0 Å². The Hall–Kier alpha value is -3.41. The van der Waals surface area contributed by atoms with Gasteiger partial charge in [-0.3, -0.25) is 4.79 Å². The molecule has 0 fully saturated rings. The van der Waals surface area contributed by atoms with Crippen molar-refractivity contribution >= 4 is 16.8 Å². The third-order valence-corrected chi connectivity index (χ3v) is 4.43. The summed E-state index contributed by atoms with van der Waals surface area (Å²) in [6, 6.07) is 19.7. The molecule has 27 heavy (non-hydrogen) atoms. The van der Waals surface area contributed by atoms with Crippen LogP contribution in [0.5, 0.6) is 0 Å². The van der Waals surface area contributed by atoms with Gasteiger partial charge in [0.05, 0.1) is 0 Å². The Bertz CT molecular complexity index is 1070. The maximum absolute atomic E-state index is 12.6. The van der Waals surface area contributed by atoms with Gasteiger partial charge in [-0.05, 0) is 17.7 Å². The predicted molar refractivity (Wildman–Crippen MR) is 103 cm³/mol. The van der Waals surface area contributed by atoms with Crippen molar-refractivity contribution in [3.05, 3.63) is 72.1 Å². The molecule has 0 saturated heterocycles. The van der Waals surface area contributed by atoms with Crippen molar-refractivity contribution in [2.45, 2.75) is 26.4 Å². The highest BCUT2D eigenvalue weighted by atomic mass is 16.4. The highest BCUT2D eigenvalue weighted by Gasteiger charge is 2.17. The topological polar surface area (TPSA) is 73.0 Å². The van der Waals surface area contributed by atoms with Gasteiger partial charge in [-0.25, -0.2) is 0 Å². The number of carbonyl (C=O) groups excluding carboxylic acids is 1. The van der Waals surface area contributed by atoms with Crippen molar-refractivity contribution in [1.29, 1.82) is 0 Å². The minimum absolute atomic E-state index is 0.0725. The molecule has 6 heteroatoms. The number of rotatable bonds is 6. The summed E-state index contributed by atoms with van der Waals surface area (Å²) >= 11 is 0. The lowest BCUT2D eigenvalue weighted by Crippen LogP contribution is -2.27. The lowest BCUT2D eigenvalue weighted by molar-refractivity contribution is -0.121. The van der Waals surface area contributed by atoms with Crippen LogP contribution in [-0.2, 0) is 24.3 Å². The monoisotopic (exact) mass is 360 g/mol. The molecule has 0 saturated carbocycles. The zero-order valence-electron chi connectivity index (χ0n) is 15.1. The number of aromatic nitrogens is 3. The minimum Gasteiger partial charge on any atom is -0.419 e. The zero-order valence-corrected chi connectivity index (χ0v) is 15.1. The number of fused-ring (bicyclic) bond motifs is 1. The van der Waals surface area contributed by atoms with Crippen LogP contribution in [0.2, 0.25) is 0 Å². The SMILES string of the molecule is CCc1nnc(-c2cc3ccccc3n2CC(=O)NCc2ccccc2)o1. The minimum atomic E-state index is -0.0725. The smallest absolute Gasteiger partial charge is 0.264 e. The Morgan fingerprint density at radius 2 is 1.85 bits per heavy atom. The van der Waals surface area contributed by atoms with Gasteiger partial charge >= 0.3 is 0 Å². The van der Waals surface area contributed by atoms with E-state index in [1.807, 2.05) is 72.2 Å². The first-order chi connectivity index (χ1) is 13.2. The Balaban J connectivity index is 1.61. The van der Waals surface area contributed by atoms with Crippen molar-refractivity contribution < 1.29 is 9.21 Å². The van der Waals surface area contributed by atoms with E-state index in [1.165, 1.54) is 0 Å². The normalized spacial score (nSPS) is 11.0. The molecule has 0 unspecified atom stereocenters. The van der Waals surface area contributed by atoms with Crippen LogP contribution in [0.3, 0.4) is 0 Å². The first-order valence-corrected chi connectivity index (χ1v) is 8.96. The fraction of sp³-hybridized carbons (Fsp3) is 0.190. The number of aryl methyl sites for hydroxylation is 1. The molecule has 2 aromatic heterocycles. The van der Waals surface area contributed by atoms with E-state index in [4.69, 9.17) is 4.42 Å². The van der Waals surface area contributed by atoms with E-state index >= 15 is 0 Å². The first kappa shape index (κ1) is 17.0. The van der Waals surface area contributed by atoms with Gasteiger partial charge in [0.25, 0.3) is 5.89 Å². The van der Waals surface area contributed by atoms with Gasteiger partial charge in [0.15, 0.2) is 0 Å². The third-order valence-electron chi connectivity index (χ3n) is 4.43. The molecule has 0 bridgehead atoms. The fourth-order valence-corrected chi connectivity index (χ4v) is 3.05. The summed E-state index contributed by atoms with van der Waals surface area (Å²) in [5.74, 6) is 0.936. The summed E-state index contributed by atoms with van der Waals surface area (Å²) in [6.45, 7) is 2.64. The van der Waals surface area contributed by atoms with Gasteiger partial charge < -0.3 is 14.3 Å². The molecule has 1 N–H and O–H groups in total. The molecular weight excluding hydrogens is 340 g/mol. The van der Waals surface area contributed by atoms with E-state index in [9.17, 15) is 4.79 Å². The summed E-state index contributed by atoms with van der Waals surface area (Å²) < 4.78 is 7.64. The summed E-state index contributed by atoms with van der Waals surface area (Å²) in [7, 11) is 0. The maximum atomic E-state index is 12.6. The predicted octanol–water partition coefficient (Wildman–Crippen LogP) is 3.57. The van der Waals surface area contributed by atoms with Crippen molar-refractivity contribution in [3.8, 4) is 11.6 Å².